The van der Waals surface area contributed by atoms with Crippen LogP contribution in [0.1, 0.15) is 31.2 Å². The molecule has 0 aliphatic carbocycles. The fourth-order valence-corrected chi connectivity index (χ4v) is 3.63. The Morgan fingerprint density at radius 2 is 1.69 bits per heavy atom. The molecule has 1 fully saturated rings. The van der Waals surface area contributed by atoms with Gasteiger partial charge in [0.05, 0.1) is 5.69 Å². The summed E-state index contributed by atoms with van der Waals surface area (Å²) in [6.07, 6.45) is 0. The number of fused-ring (bicyclic) bond motifs is 1. The number of aryl methyl sites for hydroxylation is 1. The number of hydrogen-bond acceptors (Lipinski definition) is 4. The third-order valence-electron chi connectivity index (χ3n) is 5.25. The molecule has 2 aromatic heterocycles. The van der Waals surface area contributed by atoms with Gasteiger partial charge in [0.1, 0.15) is 5.82 Å². The van der Waals surface area contributed by atoms with Gasteiger partial charge in [-0.3, -0.25) is 0 Å². The molecule has 26 heavy (non-hydrogen) atoms. The molecule has 0 spiro atoms. The maximum absolute atomic E-state index is 5.01. The van der Waals surface area contributed by atoms with Crippen molar-refractivity contribution in [1.29, 1.82) is 0 Å². The predicted molar refractivity (Wildman–Crippen MR) is 107 cm³/mol. The highest BCUT2D eigenvalue weighted by Crippen LogP contribution is 2.31. The predicted octanol–water partition coefficient (Wildman–Crippen LogP) is 3.58. The lowest BCUT2D eigenvalue weighted by Crippen LogP contribution is -2.45. The second-order valence-electron chi connectivity index (χ2n) is 7.55. The van der Waals surface area contributed by atoms with Gasteiger partial charge in [-0.1, -0.05) is 44.2 Å². The van der Waals surface area contributed by atoms with E-state index in [0.29, 0.717) is 5.92 Å². The molecular weight excluding hydrogens is 322 g/mol. The third-order valence-corrected chi connectivity index (χ3v) is 5.25. The molecule has 1 aromatic carbocycles. The molecule has 136 valence electrons. The zero-order valence-corrected chi connectivity index (χ0v) is 16.1. The van der Waals surface area contributed by atoms with E-state index in [2.05, 4.69) is 72.5 Å². The van der Waals surface area contributed by atoms with E-state index in [4.69, 9.17) is 10.1 Å². The quantitative estimate of drug-likeness (QED) is 0.724. The second kappa shape index (κ2) is 6.72. The summed E-state index contributed by atoms with van der Waals surface area (Å²) in [6, 6.07) is 12.7. The first-order valence-electron chi connectivity index (χ1n) is 9.44. The number of rotatable bonds is 3. The first-order chi connectivity index (χ1) is 12.5. The van der Waals surface area contributed by atoms with Crippen LogP contribution in [0.4, 0.5) is 5.82 Å². The molecule has 5 heteroatoms. The maximum Gasteiger partial charge on any atom is 0.165 e. The zero-order valence-electron chi connectivity index (χ0n) is 16.1. The molecule has 0 amide bonds. The van der Waals surface area contributed by atoms with Gasteiger partial charge in [0, 0.05) is 43.5 Å². The van der Waals surface area contributed by atoms with Gasteiger partial charge in [-0.05, 0) is 25.5 Å². The molecule has 1 saturated heterocycles. The Bertz CT molecular complexity index is 905. The second-order valence-corrected chi connectivity index (χ2v) is 7.55. The maximum atomic E-state index is 5.01. The highest BCUT2D eigenvalue weighted by atomic mass is 15.4. The van der Waals surface area contributed by atoms with Crippen LogP contribution in [0, 0.1) is 6.92 Å². The Kier molecular flexibility index (Phi) is 4.41. The Labute approximate surface area is 155 Å². The van der Waals surface area contributed by atoms with Crippen LogP contribution in [-0.2, 0) is 0 Å². The van der Waals surface area contributed by atoms with Crippen molar-refractivity contribution in [3.63, 3.8) is 0 Å². The van der Waals surface area contributed by atoms with Crippen LogP contribution in [0.15, 0.2) is 36.4 Å². The summed E-state index contributed by atoms with van der Waals surface area (Å²) in [7, 11) is 2.19. The van der Waals surface area contributed by atoms with E-state index in [-0.39, 0.29) is 0 Å². The lowest BCUT2D eigenvalue weighted by molar-refractivity contribution is 0.311. The lowest BCUT2D eigenvalue weighted by Gasteiger charge is -2.34. The summed E-state index contributed by atoms with van der Waals surface area (Å²) >= 11 is 0. The van der Waals surface area contributed by atoms with E-state index >= 15 is 0 Å². The van der Waals surface area contributed by atoms with Crippen molar-refractivity contribution < 1.29 is 0 Å². The summed E-state index contributed by atoms with van der Waals surface area (Å²) in [5.41, 5.74) is 5.44. The Morgan fingerprint density at radius 3 is 2.35 bits per heavy atom. The molecule has 0 saturated carbocycles. The van der Waals surface area contributed by atoms with Gasteiger partial charge in [-0.25, -0.2) is 4.98 Å². The van der Waals surface area contributed by atoms with Gasteiger partial charge in [-0.15, -0.1) is 0 Å². The van der Waals surface area contributed by atoms with E-state index in [1.165, 1.54) is 5.56 Å². The van der Waals surface area contributed by atoms with Crippen LogP contribution < -0.4 is 4.90 Å². The molecule has 0 unspecified atom stereocenters. The number of anilines is 1. The Balaban J connectivity index is 1.92. The number of benzene rings is 1. The van der Waals surface area contributed by atoms with Crippen LogP contribution in [0.5, 0.6) is 0 Å². The van der Waals surface area contributed by atoms with E-state index < -0.39 is 0 Å². The number of likely N-dealkylation sites (N-methyl/N-ethyl adjacent to an activating group) is 1. The van der Waals surface area contributed by atoms with Crippen LogP contribution >= 0.6 is 0 Å². The number of aromatic nitrogens is 3. The molecule has 4 rings (SSSR count). The minimum atomic E-state index is 0.380. The van der Waals surface area contributed by atoms with Crippen LogP contribution in [0.2, 0.25) is 0 Å². The fourth-order valence-electron chi connectivity index (χ4n) is 3.63. The molecule has 1 aliphatic heterocycles. The summed E-state index contributed by atoms with van der Waals surface area (Å²) < 4.78 is 2.05. The average molecular weight is 349 g/mol. The molecule has 3 aromatic rings. The molecule has 5 nitrogen and oxygen atoms in total. The minimum absolute atomic E-state index is 0.380. The summed E-state index contributed by atoms with van der Waals surface area (Å²) in [4.78, 5) is 9.83. The van der Waals surface area contributed by atoms with E-state index in [0.717, 1.165) is 54.6 Å². The first-order valence-corrected chi connectivity index (χ1v) is 9.44. The monoisotopic (exact) mass is 349 g/mol. The van der Waals surface area contributed by atoms with Gasteiger partial charge in [0.15, 0.2) is 5.65 Å². The summed E-state index contributed by atoms with van der Waals surface area (Å²) in [5, 5.41) is 4.88. The van der Waals surface area contributed by atoms with E-state index in [1.54, 1.807) is 0 Å². The molecule has 0 radical (unpaired) electrons. The van der Waals surface area contributed by atoms with Crippen molar-refractivity contribution in [1.82, 2.24) is 19.5 Å². The van der Waals surface area contributed by atoms with Gasteiger partial charge >= 0.3 is 0 Å². The van der Waals surface area contributed by atoms with E-state index in [1.807, 2.05) is 6.07 Å². The highest BCUT2D eigenvalue weighted by Gasteiger charge is 2.22. The van der Waals surface area contributed by atoms with Crippen molar-refractivity contribution in [3.05, 3.63) is 47.8 Å². The van der Waals surface area contributed by atoms with Gasteiger partial charge in [0.25, 0.3) is 0 Å². The Morgan fingerprint density at radius 1 is 1.00 bits per heavy atom. The van der Waals surface area contributed by atoms with Crippen molar-refractivity contribution in [2.75, 3.05) is 38.1 Å². The van der Waals surface area contributed by atoms with Crippen LogP contribution in [0.25, 0.3) is 16.8 Å². The van der Waals surface area contributed by atoms with Crippen molar-refractivity contribution in [2.24, 2.45) is 0 Å². The van der Waals surface area contributed by atoms with Gasteiger partial charge in [-0.2, -0.15) is 9.61 Å². The smallest absolute Gasteiger partial charge is 0.165 e. The van der Waals surface area contributed by atoms with Gasteiger partial charge < -0.3 is 9.80 Å². The molecule has 0 atom stereocenters. The number of nitrogens with zero attached hydrogens (tertiary/aromatic N) is 5. The van der Waals surface area contributed by atoms with Crippen molar-refractivity contribution in [2.45, 2.75) is 26.7 Å². The number of hydrogen-bond donors (Lipinski definition) is 0. The van der Waals surface area contributed by atoms with Crippen LogP contribution in [-0.4, -0.2) is 52.7 Å². The number of piperazine rings is 1. The largest absolute Gasteiger partial charge is 0.354 e. The zero-order chi connectivity index (χ0) is 18.3. The molecular formula is C21H27N5. The van der Waals surface area contributed by atoms with Crippen molar-refractivity contribution >= 4 is 11.5 Å². The average Bonchev–Trinajstić information content (AvgIpc) is 2.98. The van der Waals surface area contributed by atoms with Crippen molar-refractivity contribution in [3.8, 4) is 11.1 Å². The lowest BCUT2D eigenvalue weighted by atomic mass is 10.1. The van der Waals surface area contributed by atoms with Crippen LogP contribution in [0.3, 0.4) is 0 Å². The highest BCUT2D eigenvalue weighted by molar-refractivity contribution is 5.81. The molecule has 3 heterocycles. The van der Waals surface area contributed by atoms with E-state index in [9.17, 15) is 0 Å². The topological polar surface area (TPSA) is 36.7 Å². The summed E-state index contributed by atoms with van der Waals surface area (Å²) in [6.45, 7) is 10.7. The molecule has 1 aliphatic rings. The standard InChI is InChI=1S/C21H27N5/c1-15(2)18-14-19(25-12-10-24(4)11-13-25)26-21(22-18)20(16(3)23-26)17-8-6-5-7-9-17/h5-9,14-15H,10-13H2,1-4H3. The third kappa shape index (κ3) is 2.97. The Hall–Kier alpha value is -2.40. The minimum Gasteiger partial charge on any atom is -0.354 e. The first kappa shape index (κ1) is 17.0. The summed E-state index contributed by atoms with van der Waals surface area (Å²) in [5.74, 6) is 1.54. The van der Waals surface area contributed by atoms with Gasteiger partial charge in [0.2, 0.25) is 0 Å². The fraction of sp³-hybridized carbons (Fsp3) is 0.429. The normalized spacial score (nSPS) is 16.0. The molecule has 0 bridgehead atoms. The SMILES string of the molecule is Cc1nn2c(N3CCN(C)CC3)cc(C(C)C)nc2c1-c1ccccc1. The molecule has 0 N–H and O–H groups in total.